The van der Waals surface area contributed by atoms with Crippen LogP contribution in [-0.2, 0) is 16.1 Å². The molecular weight excluding hydrogens is 358 g/mol. The lowest BCUT2D eigenvalue weighted by molar-refractivity contribution is -0.384. The molecule has 24 heavy (non-hydrogen) atoms. The summed E-state index contributed by atoms with van der Waals surface area (Å²) in [6.45, 7) is 1.49. The number of benzene rings is 1. The van der Waals surface area contributed by atoms with Crippen molar-refractivity contribution in [1.82, 2.24) is 10.3 Å². The molecule has 1 amide bonds. The zero-order chi connectivity index (χ0) is 17.7. The summed E-state index contributed by atoms with van der Waals surface area (Å²) in [5, 5.41) is 15.7. The Kier molecular flexibility index (Phi) is 5.83. The van der Waals surface area contributed by atoms with E-state index in [0.29, 0.717) is 5.69 Å². The zero-order valence-electron chi connectivity index (χ0n) is 12.4. The third-order valence-corrected chi connectivity index (χ3v) is 3.99. The van der Waals surface area contributed by atoms with Crippen LogP contribution >= 0.6 is 22.9 Å². The van der Waals surface area contributed by atoms with E-state index >= 15 is 0 Å². The van der Waals surface area contributed by atoms with E-state index in [1.807, 2.05) is 6.92 Å². The Hall–Kier alpha value is -2.52. The van der Waals surface area contributed by atoms with Crippen molar-refractivity contribution in [3.05, 3.63) is 55.0 Å². The number of rotatable bonds is 6. The van der Waals surface area contributed by atoms with Crippen molar-refractivity contribution >= 4 is 40.5 Å². The molecule has 2 rings (SSSR count). The number of aryl methyl sites for hydroxylation is 1. The highest BCUT2D eigenvalue weighted by Gasteiger charge is 2.17. The van der Waals surface area contributed by atoms with Crippen LogP contribution in [0.2, 0.25) is 5.02 Å². The maximum atomic E-state index is 11.9. The molecule has 0 aliphatic carbocycles. The van der Waals surface area contributed by atoms with Gasteiger partial charge >= 0.3 is 5.97 Å². The van der Waals surface area contributed by atoms with Crippen LogP contribution in [0.4, 0.5) is 5.69 Å². The van der Waals surface area contributed by atoms with Crippen LogP contribution in [0.15, 0.2) is 23.6 Å². The Morgan fingerprint density at radius 2 is 2.21 bits per heavy atom. The molecule has 8 nitrogen and oxygen atoms in total. The van der Waals surface area contributed by atoms with Gasteiger partial charge in [-0.2, -0.15) is 0 Å². The maximum absolute atomic E-state index is 11.9. The van der Waals surface area contributed by atoms with Crippen molar-refractivity contribution in [1.29, 1.82) is 0 Å². The molecule has 0 bridgehead atoms. The second-order valence-corrected chi connectivity index (χ2v) is 6.09. The summed E-state index contributed by atoms with van der Waals surface area (Å²) >= 11 is 7.11. The predicted molar refractivity (Wildman–Crippen MR) is 87.1 cm³/mol. The lowest BCUT2D eigenvalue weighted by Gasteiger charge is -2.06. The molecule has 1 heterocycles. The second kappa shape index (κ2) is 7.84. The van der Waals surface area contributed by atoms with Crippen molar-refractivity contribution in [3.8, 4) is 0 Å². The number of nitro groups is 1. The van der Waals surface area contributed by atoms with Gasteiger partial charge in [-0.1, -0.05) is 11.6 Å². The summed E-state index contributed by atoms with van der Waals surface area (Å²) in [5.41, 5.74) is 0.269. The average Bonchev–Trinajstić information content (AvgIpc) is 2.96. The van der Waals surface area contributed by atoms with Crippen LogP contribution in [0.25, 0.3) is 0 Å². The van der Waals surface area contributed by atoms with Gasteiger partial charge in [0.2, 0.25) is 0 Å². The Bertz CT molecular complexity index is 792. The number of nitro benzene ring substituents is 1. The number of esters is 1. The normalized spacial score (nSPS) is 10.2. The van der Waals surface area contributed by atoms with E-state index in [1.54, 1.807) is 5.38 Å². The fraction of sp³-hybridized carbons (Fsp3) is 0.214. The largest absolute Gasteiger partial charge is 0.458 e. The van der Waals surface area contributed by atoms with Crippen LogP contribution in [0.5, 0.6) is 0 Å². The van der Waals surface area contributed by atoms with Crippen LogP contribution in [0, 0.1) is 17.0 Å². The lowest BCUT2D eigenvalue weighted by Crippen LogP contribution is -2.30. The first-order valence-corrected chi connectivity index (χ1v) is 7.91. The molecule has 0 aliphatic rings. The molecule has 0 atom stereocenters. The number of aromatic nitrogens is 1. The van der Waals surface area contributed by atoms with E-state index in [1.165, 1.54) is 23.5 Å². The number of amides is 1. The highest BCUT2D eigenvalue weighted by molar-refractivity contribution is 7.09. The van der Waals surface area contributed by atoms with Gasteiger partial charge in [0.25, 0.3) is 11.6 Å². The highest BCUT2D eigenvalue weighted by atomic mass is 35.5. The summed E-state index contributed by atoms with van der Waals surface area (Å²) < 4.78 is 4.97. The number of hydrogen-bond acceptors (Lipinski definition) is 7. The zero-order valence-corrected chi connectivity index (χ0v) is 14.0. The second-order valence-electron chi connectivity index (χ2n) is 4.62. The van der Waals surface area contributed by atoms with Gasteiger partial charge in [0, 0.05) is 17.0 Å². The van der Waals surface area contributed by atoms with Crippen molar-refractivity contribution < 1.29 is 19.2 Å². The molecule has 1 aromatic carbocycles. The molecule has 10 heteroatoms. The number of thiazole rings is 1. The molecule has 0 aliphatic heterocycles. The first-order valence-electron chi connectivity index (χ1n) is 6.65. The Morgan fingerprint density at radius 3 is 2.83 bits per heavy atom. The van der Waals surface area contributed by atoms with Crippen LogP contribution < -0.4 is 5.32 Å². The first kappa shape index (κ1) is 17.8. The Labute approximate surface area is 145 Å². The molecule has 1 aromatic heterocycles. The third-order valence-electron chi connectivity index (χ3n) is 2.85. The molecule has 0 spiro atoms. The minimum absolute atomic E-state index is 0.0193. The van der Waals surface area contributed by atoms with Crippen LogP contribution in [0.3, 0.4) is 0 Å². The van der Waals surface area contributed by atoms with E-state index in [-0.39, 0.29) is 29.4 Å². The smallest absolute Gasteiger partial charge is 0.325 e. The number of ether oxygens (including phenoxy) is 1. The van der Waals surface area contributed by atoms with E-state index in [9.17, 15) is 19.7 Å². The van der Waals surface area contributed by atoms with Gasteiger partial charge in [-0.3, -0.25) is 19.7 Å². The van der Waals surface area contributed by atoms with Gasteiger partial charge in [-0.15, -0.1) is 11.3 Å². The standard InChI is InChI=1S/C14H12ClN3O5S/c1-8-17-10(7-24-8)6-23-13(19)5-16-14(20)9-2-3-11(15)12(4-9)18(21)22/h2-4,7H,5-6H2,1H3,(H,16,20). The molecule has 126 valence electrons. The van der Waals surface area contributed by atoms with Crippen molar-refractivity contribution in [2.24, 2.45) is 0 Å². The predicted octanol–water partition coefficient (Wildman–Crippen LogP) is 2.49. The van der Waals surface area contributed by atoms with E-state index in [0.717, 1.165) is 11.1 Å². The molecule has 2 aromatic rings. The number of carbonyl (C=O) groups is 2. The SMILES string of the molecule is Cc1nc(COC(=O)CNC(=O)c2ccc(Cl)c([N+](=O)[O-])c2)cs1. The van der Waals surface area contributed by atoms with E-state index in [4.69, 9.17) is 16.3 Å². The van der Waals surface area contributed by atoms with Gasteiger partial charge in [0.1, 0.15) is 18.2 Å². The molecule has 0 saturated carbocycles. The van der Waals surface area contributed by atoms with Gasteiger partial charge in [0.15, 0.2) is 0 Å². The molecule has 0 saturated heterocycles. The quantitative estimate of drug-likeness (QED) is 0.475. The average molecular weight is 370 g/mol. The Balaban J connectivity index is 1.87. The monoisotopic (exact) mass is 369 g/mol. The topological polar surface area (TPSA) is 111 Å². The van der Waals surface area contributed by atoms with Crippen LogP contribution in [-0.4, -0.2) is 28.3 Å². The minimum atomic E-state index is -0.691. The van der Waals surface area contributed by atoms with Gasteiger partial charge in [-0.05, 0) is 19.1 Å². The first-order chi connectivity index (χ1) is 11.4. The molecular formula is C14H12ClN3O5S. The number of carbonyl (C=O) groups excluding carboxylic acids is 2. The van der Waals surface area contributed by atoms with Crippen molar-refractivity contribution in [2.75, 3.05) is 6.54 Å². The molecule has 0 unspecified atom stereocenters. The minimum Gasteiger partial charge on any atom is -0.458 e. The summed E-state index contributed by atoms with van der Waals surface area (Å²) in [6.07, 6.45) is 0. The van der Waals surface area contributed by atoms with Crippen LogP contribution in [0.1, 0.15) is 21.1 Å². The highest BCUT2D eigenvalue weighted by Crippen LogP contribution is 2.24. The summed E-state index contributed by atoms with van der Waals surface area (Å²) in [6, 6.07) is 3.62. The fourth-order valence-corrected chi connectivity index (χ4v) is 2.51. The van der Waals surface area contributed by atoms with Gasteiger partial charge in [0.05, 0.1) is 15.6 Å². The number of nitrogens with zero attached hydrogens (tertiary/aromatic N) is 2. The fourth-order valence-electron chi connectivity index (χ4n) is 1.73. The summed E-state index contributed by atoms with van der Waals surface area (Å²) in [7, 11) is 0. The molecule has 1 N–H and O–H groups in total. The lowest BCUT2D eigenvalue weighted by atomic mass is 10.2. The van der Waals surface area contributed by atoms with Crippen molar-refractivity contribution in [3.63, 3.8) is 0 Å². The number of nitrogens with one attached hydrogen (secondary N) is 1. The number of hydrogen-bond donors (Lipinski definition) is 1. The molecule has 0 radical (unpaired) electrons. The molecule has 0 fully saturated rings. The van der Waals surface area contributed by atoms with Gasteiger partial charge < -0.3 is 10.1 Å². The van der Waals surface area contributed by atoms with Crippen molar-refractivity contribution in [2.45, 2.75) is 13.5 Å². The number of halogens is 1. The van der Waals surface area contributed by atoms with E-state index in [2.05, 4.69) is 10.3 Å². The summed E-state index contributed by atoms with van der Waals surface area (Å²) in [5.74, 6) is -1.28. The Morgan fingerprint density at radius 1 is 1.46 bits per heavy atom. The van der Waals surface area contributed by atoms with Gasteiger partial charge in [-0.25, -0.2) is 4.98 Å². The van der Waals surface area contributed by atoms with E-state index < -0.39 is 16.8 Å². The summed E-state index contributed by atoms with van der Waals surface area (Å²) in [4.78, 5) is 37.8. The third kappa shape index (κ3) is 4.74. The maximum Gasteiger partial charge on any atom is 0.325 e.